The summed E-state index contributed by atoms with van der Waals surface area (Å²) in [5.41, 5.74) is 2.93. The minimum Gasteiger partial charge on any atom is -0.497 e. The number of ether oxygens (including phenoxy) is 2. The Morgan fingerprint density at radius 2 is 2.00 bits per heavy atom. The van der Waals surface area contributed by atoms with Crippen molar-refractivity contribution in [2.24, 2.45) is 0 Å². The fourth-order valence-electron chi connectivity index (χ4n) is 2.62. The summed E-state index contributed by atoms with van der Waals surface area (Å²) in [4.78, 5) is 12.4. The summed E-state index contributed by atoms with van der Waals surface area (Å²) in [5.74, 6) is 1.06. The van der Waals surface area contributed by atoms with E-state index >= 15 is 0 Å². The fraction of sp³-hybridized carbons (Fsp3) is 0.211. The van der Waals surface area contributed by atoms with Crippen LogP contribution in [0, 0.1) is 6.92 Å². The quantitative estimate of drug-likeness (QED) is 0.723. The van der Waals surface area contributed by atoms with Crippen molar-refractivity contribution in [2.75, 3.05) is 19.5 Å². The zero-order chi connectivity index (χ0) is 18.0. The number of fused-ring (bicyclic) bond motifs is 1. The van der Waals surface area contributed by atoms with Gasteiger partial charge in [-0.25, -0.2) is 0 Å². The van der Waals surface area contributed by atoms with Crippen LogP contribution in [0.25, 0.3) is 11.0 Å². The lowest BCUT2D eigenvalue weighted by Gasteiger charge is -2.12. The first-order valence-electron chi connectivity index (χ1n) is 7.70. The smallest absolute Gasteiger partial charge is 0.229 e. The number of carbonyl (C=O) groups is 1. The van der Waals surface area contributed by atoms with Gasteiger partial charge >= 0.3 is 0 Å². The standard InChI is InChI=1S/C19H18ClNO4/c1-11-6-16(18(24-3)9-15(11)20)21-19(22)7-12-10-25-17-8-13(23-2)4-5-14(12)17/h4-6,8-10H,7H2,1-3H3,(H,21,22). The lowest BCUT2D eigenvalue weighted by atomic mass is 10.1. The molecule has 2 aromatic carbocycles. The third-order valence-corrected chi connectivity index (χ3v) is 4.38. The number of furan rings is 1. The molecule has 5 nitrogen and oxygen atoms in total. The van der Waals surface area contributed by atoms with Gasteiger partial charge in [0.1, 0.15) is 17.1 Å². The number of aryl methyl sites for hydroxylation is 1. The predicted molar refractivity (Wildman–Crippen MR) is 97.8 cm³/mol. The van der Waals surface area contributed by atoms with E-state index in [1.54, 1.807) is 31.6 Å². The molecular weight excluding hydrogens is 342 g/mol. The van der Waals surface area contributed by atoms with Crippen LogP contribution < -0.4 is 14.8 Å². The minimum atomic E-state index is -0.168. The van der Waals surface area contributed by atoms with E-state index in [9.17, 15) is 4.79 Å². The molecule has 0 aliphatic heterocycles. The van der Waals surface area contributed by atoms with Crippen molar-refractivity contribution in [3.05, 3.63) is 52.7 Å². The zero-order valence-corrected chi connectivity index (χ0v) is 14.9. The Morgan fingerprint density at radius 1 is 1.20 bits per heavy atom. The molecule has 0 spiro atoms. The van der Waals surface area contributed by atoms with Crippen LogP contribution in [0.2, 0.25) is 5.02 Å². The fourth-order valence-corrected chi connectivity index (χ4v) is 2.78. The molecule has 1 N–H and O–H groups in total. The summed E-state index contributed by atoms with van der Waals surface area (Å²) in [7, 11) is 3.13. The molecule has 1 heterocycles. The maximum atomic E-state index is 12.4. The van der Waals surface area contributed by atoms with Crippen LogP contribution in [0.3, 0.4) is 0 Å². The number of rotatable bonds is 5. The summed E-state index contributed by atoms with van der Waals surface area (Å²) >= 11 is 6.09. The van der Waals surface area contributed by atoms with Gasteiger partial charge in [-0.1, -0.05) is 11.6 Å². The lowest BCUT2D eigenvalue weighted by molar-refractivity contribution is -0.115. The van der Waals surface area contributed by atoms with Gasteiger partial charge in [-0.2, -0.15) is 0 Å². The zero-order valence-electron chi connectivity index (χ0n) is 14.2. The minimum absolute atomic E-state index is 0.168. The van der Waals surface area contributed by atoms with Crippen LogP contribution in [0.1, 0.15) is 11.1 Å². The Labute approximate surface area is 150 Å². The van der Waals surface area contributed by atoms with E-state index < -0.39 is 0 Å². The van der Waals surface area contributed by atoms with Gasteiger partial charge in [0.15, 0.2) is 0 Å². The number of nitrogens with one attached hydrogen (secondary N) is 1. The first-order valence-corrected chi connectivity index (χ1v) is 8.07. The van der Waals surface area contributed by atoms with Crippen molar-refractivity contribution < 1.29 is 18.7 Å². The van der Waals surface area contributed by atoms with Crippen molar-refractivity contribution >= 4 is 34.2 Å². The number of anilines is 1. The first-order chi connectivity index (χ1) is 12.0. The number of carbonyl (C=O) groups excluding carboxylic acids is 1. The molecule has 25 heavy (non-hydrogen) atoms. The van der Waals surface area contributed by atoms with Crippen molar-refractivity contribution in [1.29, 1.82) is 0 Å². The number of halogens is 1. The number of hydrogen-bond acceptors (Lipinski definition) is 4. The molecule has 0 aliphatic carbocycles. The molecule has 6 heteroatoms. The Kier molecular flexibility index (Phi) is 4.86. The average molecular weight is 360 g/mol. The number of benzene rings is 2. The van der Waals surface area contributed by atoms with Crippen LogP contribution in [-0.2, 0) is 11.2 Å². The molecule has 1 aromatic heterocycles. The third-order valence-electron chi connectivity index (χ3n) is 3.97. The summed E-state index contributed by atoms with van der Waals surface area (Å²) < 4.78 is 16.0. The Bertz CT molecular complexity index is 933. The summed E-state index contributed by atoms with van der Waals surface area (Å²) in [6, 6.07) is 8.99. The van der Waals surface area contributed by atoms with Gasteiger partial charge in [-0.15, -0.1) is 0 Å². The van der Waals surface area contributed by atoms with E-state index in [-0.39, 0.29) is 12.3 Å². The monoisotopic (exact) mass is 359 g/mol. The molecule has 0 aliphatic rings. The van der Waals surface area contributed by atoms with Gasteiger partial charge in [0.25, 0.3) is 0 Å². The van der Waals surface area contributed by atoms with Gasteiger partial charge in [-0.3, -0.25) is 4.79 Å². The second-order valence-corrected chi connectivity index (χ2v) is 6.06. The number of amides is 1. The molecule has 0 saturated carbocycles. The molecule has 0 radical (unpaired) electrons. The van der Waals surface area contributed by atoms with Crippen LogP contribution in [-0.4, -0.2) is 20.1 Å². The van der Waals surface area contributed by atoms with E-state index in [0.29, 0.717) is 27.8 Å². The molecule has 0 atom stereocenters. The SMILES string of the molecule is COc1ccc2c(CC(=O)Nc3cc(C)c(Cl)cc3OC)coc2c1. The van der Waals surface area contributed by atoms with E-state index in [1.165, 1.54) is 7.11 Å². The maximum absolute atomic E-state index is 12.4. The second-order valence-electron chi connectivity index (χ2n) is 5.65. The molecule has 0 saturated heterocycles. The van der Waals surface area contributed by atoms with Crippen LogP contribution in [0.4, 0.5) is 5.69 Å². The highest BCUT2D eigenvalue weighted by Gasteiger charge is 2.14. The van der Waals surface area contributed by atoms with Gasteiger partial charge in [0.05, 0.1) is 32.6 Å². The second kappa shape index (κ2) is 7.07. The van der Waals surface area contributed by atoms with Crippen molar-refractivity contribution in [3.8, 4) is 11.5 Å². The van der Waals surface area contributed by atoms with Gasteiger partial charge < -0.3 is 19.2 Å². The maximum Gasteiger partial charge on any atom is 0.229 e. The van der Waals surface area contributed by atoms with E-state index in [2.05, 4.69) is 5.32 Å². The molecular formula is C19H18ClNO4. The Balaban J connectivity index is 1.80. The van der Waals surface area contributed by atoms with Crippen LogP contribution >= 0.6 is 11.6 Å². The third kappa shape index (κ3) is 3.56. The highest BCUT2D eigenvalue weighted by molar-refractivity contribution is 6.31. The van der Waals surface area contributed by atoms with Crippen LogP contribution in [0.5, 0.6) is 11.5 Å². The predicted octanol–water partition coefficient (Wildman–Crippen LogP) is 4.59. The first kappa shape index (κ1) is 17.2. The van der Waals surface area contributed by atoms with Gasteiger partial charge in [0, 0.05) is 28.1 Å². The van der Waals surface area contributed by atoms with E-state index in [0.717, 1.165) is 16.5 Å². The summed E-state index contributed by atoms with van der Waals surface area (Å²) in [6.45, 7) is 1.87. The van der Waals surface area contributed by atoms with Gasteiger partial charge in [-0.05, 0) is 30.7 Å². The average Bonchev–Trinajstić information content (AvgIpc) is 2.99. The highest BCUT2D eigenvalue weighted by Crippen LogP contribution is 2.31. The van der Waals surface area contributed by atoms with Gasteiger partial charge in [0.2, 0.25) is 5.91 Å². The van der Waals surface area contributed by atoms with Crippen molar-refractivity contribution in [1.82, 2.24) is 0 Å². The molecule has 130 valence electrons. The molecule has 0 fully saturated rings. The normalized spacial score (nSPS) is 10.7. The van der Waals surface area contributed by atoms with Crippen molar-refractivity contribution in [2.45, 2.75) is 13.3 Å². The van der Waals surface area contributed by atoms with E-state index in [4.69, 9.17) is 25.5 Å². The van der Waals surface area contributed by atoms with Crippen molar-refractivity contribution in [3.63, 3.8) is 0 Å². The summed E-state index contributed by atoms with van der Waals surface area (Å²) in [6.07, 6.45) is 1.78. The molecule has 0 unspecified atom stereocenters. The molecule has 0 bridgehead atoms. The topological polar surface area (TPSA) is 60.7 Å². The summed E-state index contributed by atoms with van der Waals surface area (Å²) in [5, 5.41) is 4.34. The Hall–Kier alpha value is -2.66. The number of methoxy groups -OCH3 is 2. The number of hydrogen-bond donors (Lipinski definition) is 1. The Morgan fingerprint density at radius 3 is 2.72 bits per heavy atom. The molecule has 3 aromatic rings. The van der Waals surface area contributed by atoms with E-state index in [1.807, 2.05) is 19.1 Å². The highest BCUT2D eigenvalue weighted by atomic mass is 35.5. The molecule has 3 rings (SSSR count). The largest absolute Gasteiger partial charge is 0.497 e. The molecule has 1 amide bonds. The lowest BCUT2D eigenvalue weighted by Crippen LogP contribution is -2.15. The van der Waals surface area contributed by atoms with Crippen LogP contribution in [0.15, 0.2) is 41.0 Å².